The van der Waals surface area contributed by atoms with Crippen LogP contribution in [0.15, 0.2) is 42.5 Å². The SMILES string of the molecule is O=C(Cc1ccccc1F)Nc1ccc(I)cc1Cl. The number of carbonyl (C=O) groups excluding carboxylic acids is 1. The van der Waals surface area contributed by atoms with E-state index in [1.54, 1.807) is 30.3 Å². The molecule has 0 aliphatic heterocycles. The van der Waals surface area contributed by atoms with Crippen LogP contribution in [0.5, 0.6) is 0 Å². The molecule has 1 N–H and O–H groups in total. The highest BCUT2D eigenvalue weighted by Crippen LogP contribution is 2.24. The van der Waals surface area contributed by atoms with Gasteiger partial charge in [0.05, 0.1) is 17.1 Å². The van der Waals surface area contributed by atoms with Crippen LogP contribution in [0.2, 0.25) is 5.02 Å². The second-order valence-electron chi connectivity index (χ2n) is 3.94. The summed E-state index contributed by atoms with van der Waals surface area (Å²) < 4.78 is 14.4. The van der Waals surface area contributed by atoms with Crippen molar-refractivity contribution in [2.45, 2.75) is 6.42 Å². The first-order valence-electron chi connectivity index (χ1n) is 5.54. The van der Waals surface area contributed by atoms with Crippen molar-refractivity contribution in [1.82, 2.24) is 0 Å². The zero-order chi connectivity index (χ0) is 13.8. The van der Waals surface area contributed by atoms with Crippen molar-refractivity contribution in [3.05, 3.63) is 62.4 Å². The normalized spacial score (nSPS) is 10.3. The zero-order valence-electron chi connectivity index (χ0n) is 9.79. The summed E-state index contributed by atoms with van der Waals surface area (Å²) in [5.74, 6) is -0.681. The Balaban J connectivity index is 2.08. The molecule has 0 aromatic heterocycles. The van der Waals surface area contributed by atoms with E-state index in [9.17, 15) is 9.18 Å². The molecule has 98 valence electrons. The van der Waals surface area contributed by atoms with Crippen LogP contribution in [0.4, 0.5) is 10.1 Å². The minimum atomic E-state index is -0.383. The van der Waals surface area contributed by atoms with Crippen molar-refractivity contribution in [2.24, 2.45) is 0 Å². The van der Waals surface area contributed by atoms with Crippen molar-refractivity contribution < 1.29 is 9.18 Å². The molecule has 0 bridgehead atoms. The first-order chi connectivity index (χ1) is 9.06. The molecule has 0 aliphatic rings. The number of rotatable bonds is 3. The molecule has 0 heterocycles. The first-order valence-corrected chi connectivity index (χ1v) is 7.00. The zero-order valence-corrected chi connectivity index (χ0v) is 12.7. The second-order valence-corrected chi connectivity index (χ2v) is 5.59. The van der Waals surface area contributed by atoms with E-state index in [0.29, 0.717) is 16.3 Å². The van der Waals surface area contributed by atoms with Gasteiger partial charge in [-0.05, 0) is 52.4 Å². The maximum Gasteiger partial charge on any atom is 0.228 e. The van der Waals surface area contributed by atoms with Crippen LogP contribution in [-0.2, 0) is 11.2 Å². The number of carbonyl (C=O) groups is 1. The summed E-state index contributed by atoms with van der Waals surface area (Å²) in [5.41, 5.74) is 0.894. The predicted octanol–water partition coefficient (Wildman–Crippen LogP) is 4.26. The molecule has 0 aliphatic carbocycles. The standard InChI is InChI=1S/C14H10ClFINO/c15-11-8-10(17)5-6-13(11)18-14(19)7-9-3-1-2-4-12(9)16/h1-6,8H,7H2,(H,18,19). The maximum atomic E-state index is 13.4. The Bertz CT molecular complexity index is 618. The molecule has 2 rings (SSSR count). The molecule has 0 unspecified atom stereocenters. The number of amides is 1. The number of hydrogen-bond acceptors (Lipinski definition) is 1. The third kappa shape index (κ3) is 3.91. The molecule has 0 saturated heterocycles. The lowest BCUT2D eigenvalue weighted by Gasteiger charge is -2.08. The summed E-state index contributed by atoms with van der Waals surface area (Å²) in [6, 6.07) is 11.5. The van der Waals surface area contributed by atoms with Crippen molar-refractivity contribution in [1.29, 1.82) is 0 Å². The summed E-state index contributed by atoms with van der Waals surface area (Å²) in [6.45, 7) is 0. The van der Waals surface area contributed by atoms with Crippen molar-refractivity contribution in [2.75, 3.05) is 5.32 Å². The van der Waals surface area contributed by atoms with Gasteiger partial charge < -0.3 is 5.32 Å². The fourth-order valence-electron chi connectivity index (χ4n) is 1.60. The third-order valence-electron chi connectivity index (χ3n) is 2.51. The van der Waals surface area contributed by atoms with Crippen LogP contribution < -0.4 is 5.32 Å². The average Bonchev–Trinajstić information content (AvgIpc) is 2.36. The lowest BCUT2D eigenvalue weighted by Crippen LogP contribution is -2.15. The minimum Gasteiger partial charge on any atom is -0.324 e. The fourth-order valence-corrected chi connectivity index (χ4v) is 2.50. The van der Waals surface area contributed by atoms with Crippen LogP contribution in [0, 0.1) is 9.39 Å². The van der Waals surface area contributed by atoms with Gasteiger partial charge in [0, 0.05) is 3.57 Å². The number of hydrogen-bond donors (Lipinski definition) is 1. The van der Waals surface area contributed by atoms with Gasteiger partial charge in [-0.15, -0.1) is 0 Å². The van der Waals surface area contributed by atoms with Crippen molar-refractivity contribution in [3.8, 4) is 0 Å². The molecule has 0 atom stereocenters. The number of anilines is 1. The van der Waals surface area contributed by atoms with Gasteiger partial charge in [0.25, 0.3) is 0 Å². The van der Waals surface area contributed by atoms with Gasteiger partial charge in [0.2, 0.25) is 5.91 Å². The quantitative estimate of drug-likeness (QED) is 0.781. The topological polar surface area (TPSA) is 29.1 Å². The molecule has 2 aromatic carbocycles. The number of nitrogens with one attached hydrogen (secondary N) is 1. The van der Waals surface area contributed by atoms with Gasteiger partial charge in [-0.2, -0.15) is 0 Å². The molecule has 19 heavy (non-hydrogen) atoms. The molecule has 5 heteroatoms. The van der Waals surface area contributed by atoms with Crippen molar-refractivity contribution in [3.63, 3.8) is 0 Å². The Labute approximate surface area is 129 Å². The summed E-state index contributed by atoms with van der Waals surface area (Å²) in [6.07, 6.45) is -0.0189. The van der Waals surface area contributed by atoms with Gasteiger partial charge in [-0.3, -0.25) is 4.79 Å². The molecule has 0 spiro atoms. The number of halogens is 3. The highest BCUT2D eigenvalue weighted by Gasteiger charge is 2.09. The lowest BCUT2D eigenvalue weighted by atomic mass is 10.1. The Hall–Kier alpha value is -1.14. The minimum absolute atomic E-state index is 0.0189. The van der Waals surface area contributed by atoms with Gasteiger partial charge in [-0.25, -0.2) is 4.39 Å². The summed E-state index contributed by atoms with van der Waals surface area (Å²) in [4.78, 5) is 11.8. The molecule has 0 fully saturated rings. The van der Waals surface area contributed by atoms with Gasteiger partial charge >= 0.3 is 0 Å². The van der Waals surface area contributed by atoms with Crippen LogP contribution in [0.1, 0.15) is 5.56 Å². The summed E-state index contributed by atoms with van der Waals surface area (Å²) >= 11 is 8.15. The van der Waals surface area contributed by atoms with E-state index in [2.05, 4.69) is 27.9 Å². The summed E-state index contributed by atoms with van der Waals surface area (Å²) in [7, 11) is 0. The molecule has 2 aromatic rings. The predicted molar refractivity (Wildman–Crippen MR) is 82.9 cm³/mol. The van der Waals surface area contributed by atoms with Crippen LogP contribution >= 0.6 is 34.2 Å². The molecule has 0 radical (unpaired) electrons. The molecular formula is C14H10ClFINO. The van der Waals surface area contributed by atoms with Gasteiger partial charge in [-0.1, -0.05) is 29.8 Å². The lowest BCUT2D eigenvalue weighted by molar-refractivity contribution is -0.115. The monoisotopic (exact) mass is 389 g/mol. The van der Waals surface area contributed by atoms with E-state index >= 15 is 0 Å². The molecule has 0 saturated carbocycles. The Morgan fingerprint density at radius 2 is 2.00 bits per heavy atom. The van der Waals surface area contributed by atoms with E-state index in [-0.39, 0.29) is 18.1 Å². The summed E-state index contributed by atoms with van der Waals surface area (Å²) in [5, 5.41) is 3.14. The fraction of sp³-hybridized carbons (Fsp3) is 0.0714. The van der Waals surface area contributed by atoms with E-state index < -0.39 is 0 Å². The Kier molecular flexibility index (Phi) is 4.76. The molecule has 1 amide bonds. The Morgan fingerprint density at radius 1 is 1.26 bits per heavy atom. The Morgan fingerprint density at radius 3 is 2.68 bits per heavy atom. The van der Waals surface area contributed by atoms with Crippen LogP contribution in [0.25, 0.3) is 0 Å². The van der Waals surface area contributed by atoms with E-state index in [0.717, 1.165) is 3.57 Å². The van der Waals surface area contributed by atoms with Crippen LogP contribution in [0.3, 0.4) is 0 Å². The smallest absolute Gasteiger partial charge is 0.228 e. The maximum absolute atomic E-state index is 13.4. The van der Waals surface area contributed by atoms with E-state index in [1.807, 2.05) is 6.07 Å². The van der Waals surface area contributed by atoms with Gasteiger partial charge in [0.1, 0.15) is 5.82 Å². The largest absolute Gasteiger partial charge is 0.324 e. The number of benzene rings is 2. The average molecular weight is 390 g/mol. The molecular weight excluding hydrogens is 380 g/mol. The molecule has 2 nitrogen and oxygen atoms in total. The van der Waals surface area contributed by atoms with E-state index in [1.165, 1.54) is 6.07 Å². The third-order valence-corrected chi connectivity index (χ3v) is 3.50. The first kappa shape index (κ1) is 14.3. The van der Waals surface area contributed by atoms with Crippen molar-refractivity contribution >= 4 is 45.8 Å². The highest BCUT2D eigenvalue weighted by molar-refractivity contribution is 14.1. The highest BCUT2D eigenvalue weighted by atomic mass is 127. The van der Waals surface area contributed by atoms with Crippen LogP contribution in [-0.4, -0.2) is 5.91 Å². The van der Waals surface area contributed by atoms with Gasteiger partial charge in [0.15, 0.2) is 0 Å². The second kappa shape index (κ2) is 6.34. The van der Waals surface area contributed by atoms with E-state index in [4.69, 9.17) is 11.6 Å².